The van der Waals surface area contributed by atoms with Crippen LogP contribution < -0.4 is 9.64 Å². The second kappa shape index (κ2) is 11.8. The Balaban J connectivity index is 1.70. The number of aromatic nitrogens is 1. The van der Waals surface area contributed by atoms with Crippen molar-refractivity contribution in [3.8, 4) is 5.75 Å². The van der Waals surface area contributed by atoms with E-state index in [2.05, 4.69) is 25.8 Å². The number of hydrogen-bond acceptors (Lipinski definition) is 5. The van der Waals surface area contributed by atoms with Gasteiger partial charge in [0.2, 0.25) is 0 Å². The highest BCUT2D eigenvalue weighted by atomic mass is 79.9. The third-order valence-corrected chi connectivity index (χ3v) is 6.07. The normalized spacial score (nSPS) is 11.8. The van der Waals surface area contributed by atoms with Gasteiger partial charge in [0.15, 0.2) is 5.60 Å². The molecule has 0 atom stereocenters. The second-order valence-corrected chi connectivity index (χ2v) is 9.98. The maximum absolute atomic E-state index is 13.6. The number of carbonyl (C=O) groups excluding carboxylic acids is 1. The molecule has 0 N–H and O–H groups in total. The van der Waals surface area contributed by atoms with Crippen LogP contribution in [0.5, 0.6) is 5.75 Å². The molecular formula is C28H31BrF2N2O3. The molecule has 0 aliphatic rings. The molecule has 0 fully saturated rings. The molecule has 0 unspecified atom stereocenters. The van der Waals surface area contributed by atoms with Crippen LogP contribution >= 0.6 is 15.9 Å². The van der Waals surface area contributed by atoms with E-state index in [0.717, 1.165) is 34.8 Å². The lowest BCUT2D eigenvalue weighted by molar-refractivity contribution is -0.158. The molecule has 8 heteroatoms. The molecule has 0 aliphatic carbocycles. The van der Waals surface area contributed by atoms with Crippen molar-refractivity contribution in [2.45, 2.75) is 52.2 Å². The predicted octanol–water partition coefficient (Wildman–Crippen LogP) is 6.93. The summed E-state index contributed by atoms with van der Waals surface area (Å²) in [6.07, 6.45) is 2.46. The molecule has 3 aromatic rings. The van der Waals surface area contributed by atoms with Crippen molar-refractivity contribution in [2.24, 2.45) is 0 Å². The summed E-state index contributed by atoms with van der Waals surface area (Å²) >= 11 is 3.42. The molecule has 3 rings (SSSR count). The van der Waals surface area contributed by atoms with Crippen molar-refractivity contribution in [3.63, 3.8) is 0 Å². The molecule has 0 spiro atoms. The van der Waals surface area contributed by atoms with E-state index in [-0.39, 0.29) is 5.56 Å². The van der Waals surface area contributed by atoms with Crippen molar-refractivity contribution in [2.75, 3.05) is 18.1 Å². The zero-order valence-corrected chi connectivity index (χ0v) is 22.5. The van der Waals surface area contributed by atoms with E-state index in [1.165, 1.54) is 12.1 Å². The Morgan fingerprint density at radius 1 is 0.972 bits per heavy atom. The summed E-state index contributed by atoms with van der Waals surface area (Å²) in [4.78, 5) is 18.7. The van der Waals surface area contributed by atoms with Crippen molar-refractivity contribution in [1.82, 2.24) is 4.98 Å². The molecule has 0 bridgehead atoms. The van der Waals surface area contributed by atoms with Gasteiger partial charge in [-0.2, -0.15) is 0 Å². The monoisotopic (exact) mass is 560 g/mol. The third-order valence-electron chi connectivity index (χ3n) is 5.60. The van der Waals surface area contributed by atoms with Gasteiger partial charge in [0.25, 0.3) is 5.92 Å². The molecule has 1 aromatic heterocycles. The van der Waals surface area contributed by atoms with Crippen LogP contribution in [-0.2, 0) is 28.4 Å². The zero-order valence-electron chi connectivity index (χ0n) is 20.9. The first-order valence-electron chi connectivity index (χ1n) is 11.8. The van der Waals surface area contributed by atoms with Crippen LogP contribution in [0.1, 0.15) is 44.4 Å². The Morgan fingerprint density at radius 2 is 1.61 bits per heavy atom. The number of esters is 1. The smallest absolute Gasteiger partial charge is 0.349 e. The lowest BCUT2D eigenvalue weighted by atomic mass is 10.1. The summed E-state index contributed by atoms with van der Waals surface area (Å²) in [6, 6.07) is 17.8. The molecule has 0 saturated heterocycles. The van der Waals surface area contributed by atoms with Gasteiger partial charge in [0.05, 0.1) is 6.61 Å². The van der Waals surface area contributed by atoms with Crippen LogP contribution in [0.4, 0.5) is 14.6 Å². The summed E-state index contributed by atoms with van der Waals surface area (Å²) in [7, 11) is 0. The highest BCUT2D eigenvalue weighted by molar-refractivity contribution is 9.10. The van der Waals surface area contributed by atoms with Gasteiger partial charge in [0, 0.05) is 36.2 Å². The number of ether oxygens (including phenoxy) is 2. The van der Waals surface area contributed by atoms with Crippen LogP contribution in [0.3, 0.4) is 0 Å². The molecule has 36 heavy (non-hydrogen) atoms. The average molecular weight is 561 g/mol. The number of nitrogens with zero attached hydrogens (tertiary/aromatic N) is 2. The van der Waals surface area contributed by atoms with Crippen molar-refractivity contribution in [1.29, 1.82) is 0 Å². The van der Waals surface area contributed by atoms with Crippen LogP contribution in [0.2, 0.25) is 0 Å². The fraction of sp³-hybridized carbons (Fsp3) is 0.357. The summed E-state index contributed by atoms with van der Waals surface area (Å²) in [6.45, 7) is 7.49. The molecule has 0 amide bonds. The van der Waals surface area contributed by atoms with E-state index in [1.807, 2.05) is 36.4 Å². The molecule has 5 nitrogen and oxygen atoms in total. The molecule has 0 radical (unpaired) electrons. The molecule has 0 aliphatic heterocycles. The number of benzene rings is 2. The molecule has 192 valence electrons. The van der Waals surface area contributed by atoms with Crippen molar-refractivity contribution >= 4 is 27.7 Å². The first-order valence-corrected chi connectivity index (χ1v) is 12.6. The summed E-state index contributed by atoms with van der Waals surface area (Å²) < 4.78 is 39.0. The van der Waals surface area contributed by atoms with E-state index >= 15 is 0 Å². The van der Waals surface area contributed by atoms with Gasteiger partial charge in [-0.3, -0.25) is 0 Å². The van der Waals surface area contributed by atoms with Crippen molar-refractivity contribution < 1.29 is 23.0 Å². The number of alkyl halides is 2. The third kappa shape index (κ3) is 7.75. The first-order chi connectivity index (χ1) is 17.0. The lowest BCUT2D eigenvalue weighted by Crippen LogP contribution is -2.39. The van der Waals surface area contributed by atoms with Gasteiger partial charge >= 0.3 is 5.97 Å². The lowest BCUT2D eigenvalue weighted by Gasteiger charge is -2.25. The summed E-state index contributed by atoms with van der Waals surface area (Å²) in [5.41, 5.74) is 0.906. The minimum Gasteiger partial charge on any atom is -0.476 e. The number of pyridine rings is 1. The Kier molecular flexibility index (Phi) is 9.06. The van der Waals surface area contributed by atoms with Crippen LogP contribution in [0.25, 0.3) is 0 Å². The van der Waals surface area contributed by atoms with Crippen LogP contribution in [-0.4, -0.2) is 29.7 Å². The Bertz CT molecular complexity index is 1130. The van der Waals surface area contributed by atoms with Gasteiger partial charge in [0.1, 0.15) is 11.6 Å². The minimum absolute atomic E-state index is 0.00647. The SMILES string of the molecule is CCOC(=O)C(C)(C)Oc1ccc(CCN(Cc2ccc(C(C)(F)F)cc2)c2ccc(Br)cn2)cc1. The van der Waals surface area contributed by atoms with Gasteiger partial charge in [-0.05, 0) is 78.5 Å². The highest BCUT2D eigenvalue weighted by Crippen LogP contribution is 2.27. The number of carbonyl (C=O) groups is 1. The molecule has 0 saturated carbocycles. The fourth-order valence-electron chi connectivity index (χ4n) is 3.58. The van der Waals surface area contributed by atoms with Crippen LogP contribution in [0, 0.1) is 0 Å². The first kappa shape index (κ1) is 27.6. The number of hydrogen-bond donors (Lipinski definition) is 0. The number of rotatable bonds is 11. The zero-order chi connectivity index (χ0) is 26.3. The molecular weight excluding hydrogens is 530 g/mol. The van der Waals surface area contributed by atoms with Gasteiger partial charge in [-0.15, -0.1) is 0 Å². The molecule has 2 aromatic carbocycles. The van der Waals surface area contributed by atoms with Gasteiger partial charge in [-0.1, -0.05) is 36.4 Å². The van der Waals surface area contributed by atoms with Gasteiger partial charge in [-0.25, -0.2) is 18.6 Å². The van der Waals surface area contributed by atoms with Crippen molar-refractivity contribution in [3.05, 3.63) is 88.0 Å². The maximum atomic E-state index is 13.6. The molecule has 1 heterocycles. The van der Waals surface area contributed by atoms with Gasteiger partial charge < -0.3 is 14.4 Å². The minimum atomic E-state index is -2.87. The Labute approximate surface area is 219 Å². The van der Waals surface area contributed by atoms with E-state index in [9.17, 15) is 13.6 Å². The highest BCUT2D eigenvalue weighted by Gasteiger charge is 2.31. The van der Waals surface area contributed by atoms with E-state index in [1.54, 1.807) is 39.1 Å². The predicted molar refractivity (Wildman–Crippen MR) is 140 cm³/mol. The second-order valence-electron chi connectivity index (χ2n) is 9.07. The van der Waals surface area contributed by atoms with E-state index < -0.39 is 17.5 Å². The van der Waals surface area contributed by atoms with E-state index in [0.29, 0.717) is 25.4 Å². The topological polar surface area (TPSA) is 51.7 Å². The fourth-order valence-corrected chi connectivity index (χ4v) is 3.82. The Hall–Kier alpha value is -3.00. The van der Waals surface area contributed by atoms with Crippen LogP contribution in [0.15, 0.2) is 71.3 Å². The number of halogens is 3. The largest absolute Gasteiger partial charge is 0.476 e. The quantitative estimate of drug-likeness (QED) is 0.238. The number of anilines is 1. The summed E-state index contributed by atoms with van der Waals surface area (Å²) in [5.74, 6) is -1.91. The Morgan fingerprint density at radius 3 is 2.17 bits per heavy atom. The average Bonchev–Trinajstić information content (AvgIpc) is 2.83. The standard InChI is InChI=1S/C28H31BrF2N2O3/c1-5-35-26(34)27(2,3)36-24-13-8-20(9-14-24)16-17-33(25-15-12-23(29)18-32-25)19-21-6-10-22(11-7-21)28(4,30)31/h6-15,18H,5,16-17,19H2,1-4H3. The maximum Gasteiger partial charge on any atom is 0.349 e. The summed E-state index contributed by atoms with van der Waals surface area (Å²) in [5, 5.41) is 0. The van der Waals surface area contributed by atoms with E-state index in [4.69, 9.17) is 9.47 Å².